The average molecular weight is 208 g/mol. The van der Waals surface area contributed by atoms with Crippen LogP contribution in [0, 0.1) is 5.92 Å². The second-order valence-electron chi connectivity index (χ2n) is 3.85. The van der Waals surface area contributed by atoms with E-state index in [9.17, 15) is 0 Å². The van der Waals surface area contributed by atoms with Gasteiger partial charge in [-0.05, 0) is 48.0 Å². The molecule has 76 valence electrons. The zero-order valence-corrected chi connectivity index (χ0v) is 9.04. The Morgan fingerprint density at radius 3 is 2.93 bits per heavy atom. The van der Waals surface area contributed by atoms with Gasteiger partial charge in [-0.15, -0.1) is 0 Å². The Kier molecular flexibility index (Phi) is 3.43. The zero-order valence-electron chi connectivity index (χ0n) is 8.23. The van der Waals surface area contributed by atoms with Crippen LogP contribution in [-0.4, -0.2) is 22.5 Å². The fourth-order valence-electron chi connectivity index (χ4n) is 1.85. The first-order valence-electron chi connectivity index (χ1n) is 5.08. The van der Waals surface area contributed by atoms with Crippen molar-refractivity contribution in [2.75, 3.05) is 11.5 Å². The van der Waals surface area contributed by atoms with Crippen LogP contribution < -0.4 is 5.73 Å². The normalized spacial score (nSPS) is 23.6. The minimum Gasteiger partial charge on any atom is -0.327 e. The lowest BCUT2D eigenvalue weighted by atomic mass is 9.94. The van der Waals surface area contributed by atoms with Gasteiger partial charge in [0.15, 0.2) is 0 Å². The number of aromatic nitrogens is 1. The number of hydrogen-bond donors (Lipinski definition) is 1. The molecule has 0 bridgehead atoms. The van der Waals surface area contributed by atoms with E-state index in [-0.39, 0.29) is 0 Å². The van der Waals surface area contributed by atoms with Gasteiger partial charge in [-0.1, -0.05) is 0 Å². The first-order valence-corrected chi connectivity index (χ1v) is 6.24. The van der Waals surface area contributed by atoms with Crippen LogP contribution in [0.2, 0.25) is 0 Å². The summed E-state index contributed by atoms with van der Waals surface area (Å²) in [6.07, 6.45) is 5.96. The van der Waals surface area contributed by atoms with E-state index < -0.39 is 0 Å². The number of nitrogens with zero attached hydrogens (tertiary/aromatic N) is 1. The van der Waals surface area contributed by atoms with Gasteiger partial charge in [-0.2, -0.15) is 11.8 Å². The molecule has 0 aromatic carbocycles. The maximum absolute atomic E-state index is 6.18. The predicted molar refractivity (Wildman–Crippen MR) is 61.3 cm³/mol. The van der Waals surface area contributed by atoms with Crippen LogP contribution in [0.4, 0.5) is 0 Å². The average Bonchev–Trinajstić information content (AvgIpc) is 2.72. The van der Waals surface area contributed by atoms with Gasteiger partial charge in [0.2, 0.25) is 0 Å². The van der Waals surface area contributed by atoms with Gasteiger partial charge < -0.3 is 5.73 Å². The highest BCUT2D eigenvalue weighted by molar-refractivity contribution is 7.99. The molecule has 1 aromatic rings. The molecular formula is C11H16N2S. The molecule has 14 heavy (non-hydrogen) atoms. The van der Waals surface area contributed by atoms with Gasteiger partial charge in [0.05, 0.1) is 0 Å². The summed E-state index contributed by atoms with van der Waals surface area (Å²) in [7, 11) is 0. The largest absolute Gasteiger partial charge is 0.327 e. The lowest BCUT2D eigenvalue weighted by Gasteiger charge is -2.17. The third-order valence-electron chi connectivity index (χ3n) is 2.79. The number of nitrogens with two attached hydrogens (primary N) is 1. The van der Waals surface area contributed by atoms with E-state index in [0.717, 1.165) is 6.42 Å². The molecule has 1 aromatic heterocycles. The molecule has 1 fully saturated rings. The Morgan fingerprint density at radius 1 is 1.50 bits per heavy atom. The molecule has 1 saturated heterocycles. The topological polar surface area (TPSA) is 38.9 Å². The second kappa shape index (κ2) is 4.80. The molecule has 1 aliphatic rings. The van der Waals surface area contributed by atoms with E-state index in [1.54, 1.807) is 0 Å². The lowest BCUT2D eigenvalue weighted by molar-refractivity contribution is 0.462. The number of rotatable bonds is 3. The first-order chi connectivity index (χ1) is 6.86. The van der Waals surface area contributed by atoms with Gasteiger partial charge in [0.25, 0.3) is 0 Å². The van der Waals surface area contributed by atoms with Gasteiger partial charge >= 0.3 is 0 Å². The Labute approximate surface area is 89.3 Å². The van der Waals surface area contributed by atoms with Crippen molar-refractivity contribution in [3.63, 3.8) is 0 Å². The molecule has 0 radical (unpaired) electrons. The molecule has 2 atom stereocenters. The molecule has 2 heterocycles. The molecule has 0 amide bonds. The maximum Gasteiger partial charge on any atom is 0.0270 e. The van der Waals surface area contributed by atoms with Crippen LogP contribution in [0.25, 0.3) is 0 Å². The second-order valence-corrected chi connectivity index (χ2v) is 5.00. The third kappa shape index (κ3) is 2.49. The summed E-state index contributed by atoms with van der Waals surface area (Å²) < 4.78 is 0. The number of thioether (sulfide) groups is 1. The molecule has 2 N–H and O–H groups in total. The van der Waals surface area contributed by atoms with Crippen molar-refractivity contribution < 1.29 is 0 Å². The Hall–Kier alpha value is -0.540. The van der Waals surface area contributed by atoms with Crippen molar-refractivity contribution in [2.45, 2.75) is 18.9 Å². The van der Waals surface area contributed by atoms with Crippen molar-refractivity contribution in [2.24, 2.45) is 11.7 Å². The van der Waals surface area contributed by atoms with Crippen molar-refractivity contribution >= 4 is 11.8 Å². The smallest absolute Gasteiger partial charge is 0.0270 e. The van der Waals surface area contributed by atoms with Crippen LogP contribution in [0.1, 0.15) is 12.0 Å². The molecule has 3 heteroatoms. The van der Waals surface area contributed by atoms with Crippen LogP contribution in [0.5, 0.6) is 0 Å². The summed E-state index contributed by atoms with van der Waals surface area (Å²) in [5, 5.41) is 0. The zero-order chi connectivity index (χ0) is 9.80. The predicted octanol–water partition coefficient (Wildman–Crippen LogP) is 1.70. The summed E-state index contributed by atoms with van der Waals surface area (Å²) in [5.41, 5.74) is 7.49. The third-order valence-corrected chi connectivity index (χ3v) is 3.98. The van der Waals surface area contributed by atoms with Gasteiger partial charge in [0.1, 0.15) is 0 Å². The summed E-state index contributed by atoms with van der Waals surface area (Å²) in [6, 6.07) is 4.44. The molecule has 0 aliphatic carbocycles. The highest BCUT2D eigenvalue weighted by Crippen LogP contribution is 2.26. The highest BCUT2D eigenvalue weighted by atomic mass is 32.2. The number of pyridine rings is 1. The van der Waals surface area contributed by atoms with Crippen molar-refractivity contribution in [1.29, 1.82) is 0 Å². The van der Waals surface area contributed by atoms with Gasteiger partial charge in [-0.3, -0.25) is 4.98 Å². The Balaban J connectivity index is 1.90. The van der Waals surface area contributed by atoms with Crippen molar-refractivity contribution in [3.8, 4) is 0 Å². The minimum atomic E-state index is 0.326. The van der Waals surface area contributed by atoms with E-state index in [1.807, 2.05) is 24.2 Å². The molecule has 2 rings (SSSR count). The first kappa shape index (κ1) is 9.99. The SMILES string of the molecule is NC(Cc1ccncc1)C1CCSC1. The fraction of sp³-hybridized carbons (Fsp3) is 0.545. The maximum atomic E-state index is 6.18. The van der Waals surface area contributed by atoms with E-state index >= 15 is 0 Å². The number of hydrogen-bond acceptors (Lipinski definition) is 3. The van der Waals surface area contributed by atoms with Crippen molar-refractivity contribution in [1.82, 2.24) is 4.98 Å². The Morgan fingerprint density at radius 2 is 2.29 bits per heavy atom. The molecule has 2 nitrogen and oxygen atoms in total. The molecule has 2 unspecified atom stereocenters. The van der Waals surface area contributed by atoms with Crippen LogP contribution in [0.3, 0.4) is 0 Å². The quantitative estimate of drug-likeness (QED) is 0.822. The summed E-state index contributed by atoms with van der Waals surface area (Å²) in [6.45, 7) is 0. The monoisotopic (exact) mass is 208 g/mol. The van der Waals surface area contributed by atoms with E-state index in [2.05, 4.69) is 17.1 Å². The molecule has 0 saturated carbocycles. The van der Waals surface area contributed by atoms with Gasteiger partial charge in [0, 0.05) is 18.4 Å². The van der Waals surface area contributed by atoms with E-state index in [4.69, 9.17) is 5.73 Å². The Bertz CT molecular complexity index is 270. The van der Waals surface area contributed by atoms with Crippen LogP contribution in [0.15, 0.2) is 24.5 Å². The summed E-state index contributed by atoms with van der Waals surface area (Å²) >= 11 is 2.03. The van der Waals surface area contributed by atoms with Crippen LogP contribution >= 0.6 is 11.8 Å². The molecular weight excluding hydrogens is 192 g/mol. The summed E-state index contributed by atoms with van der Waals surface area (Å²) in [5.74, 6) is 3.24. The van der Waals surface area contributed by atoms with Crippen molar-refractivity contribution in [3.05, 3.63) is 30.1 Å². The van der Waals surface area contributed by atoms with Gasteiger partial charge in [-0.25, -0.2) is 0 Å². The molecule has 0 spiro atoms. The van der Waals surface area contributed by atoms with E-state index in [0.29, 0.717) is 12.0 Å². The minimum absolute atomic E-state index is 0.326. The van der Waals surface area contributed by atoms with Crippen LogP contribution in [-0.2, 0) is 6.42 Å². The molecule has 1 aliphatic heterocycles. The summed E-state index contributed by atoms with van der Waals surface area (Å²) in [4.78, 5) is 4.01. The highest BCUT2D eigenvalue weighted by Gasteiger charge is 2.22. The standard InChI is InChI=1S/C11H16N2S/c12-11(10-3-6-14-8-10)7-9-1-4-13-5-2-9/h1-2,4-5,10-11H,3,6-8,12H2. The fourth-order valence-corrected chi connectivity index (χ4v) is 3.20. The lowest BCUT2D eigenvalue weighted by Crippen LogP contribution is -2.32. The van der Waals surface area contributed by atoms with E-state index in [1.165, 1.54) is 23.5 Å².